The lowest BCUT2D eigenvalue weighted by atomic mass is 9.90. The summed E-state index contributed by atoms with van der Waals surface area (Å²) < 4.78 is 11.7. The fourth-order valence-electron chi connectivity index (χ4n) is 1.49. The fourth-order valence-corrected chi connectivity index (χ4v) is 1.88. The summed E-state index contributed by atoms with van der Waals surface area (Å²) >= 11 is 3.42. The summed E-state index contributed by atoms with van der Waals surface area (Å²) in [7, 11) is 0. The molecule has 0 N–H and O–H groups in total. The van der Waals surface area contributed by atoms with Crippen molar-refractivity contribution in [2.75, 3.05) is 5.33 Å². The van der Waals surface area contributed by atoms with E-state index in [4.69, 9.17) is 9.47 Å². The molecule has 84 valence electrons. The molecule has 0 bridgehead atoms. The third kappa shape index (κ3) is 2.71. The molecule has 0 atom stereocenters. The van der Waals surface area contributed by atoms with Crippen LogP contribution in [0.1, 0.15) is 47.0 Å². The second-order valence-electron chi connectivity index (χ2n) is 4.87. The highest BCUT2D eigenvalue weighted by Crippen LogP contribution is 2.39. The molecule has 1 aliphatic rings. The zero-order valence-electron chi connectivity index (χ0n) is 9.60. The summed E-state index contributed by atoms with van der Waals surface area (Å²) in [6, 6.07) is 0. The number of ether oxygens (including phenoxy) is 2. The van der Waals surface area contributed by atoms with Gasteiger partial charge in [-0.3, -0.25) is 0 Å². The molecule has 0 amide bonds. The molecule has 2 nitrogen and oxygen atoms in total. The van der Waals surface area contributed by atoms with Crippen LogP contribution in [0.4, 0.5) is 0 Å². The van der Waals surface area contributed by atoms with Crippen LogP contribution >= 0.6 is 15.9 Å². The molecular weight excluding hydrogens is 244 g/mol. The van der Waals surface area contributed by atoms with Gasteiger partial charge in [0.1, 0.15) is 0 Å². The first kappa shape index (κ1) is 12.5. The molecule has 0 radical (unpaired) electrons. The Morgan fingerprint density at radius 3 is 1.93 bits per heavy atom. The van der Waals surface area contributed by atoms with Crippen molar-refractivity contribution in [1.82, 2.24) is 0 Å². The van der Waals surface area contributed by atoms with Gasteiger partial charge in [-0.25, -0.2) is 0 Å². The first-order chi connectivity index (χ1) is 6.39. The van der Waals surface area contributed by atoms with Crippen LogP contribution in [0.2, 0.25) is 0 Å². The van der Waals surface area contributed by atoms with E-state index in [0.717, 1.165) is 18.2 Å². The predicted octanol–water partition coefficient (Wildman–Crippen LogP) is 3.48. The van der Waals surface area contributed by atoms with Gasteiger partial charge in [0, 0.05) is 5.33 Å². The summed E-state index contributed by atoms with van der Waals surface area (Å²) in [4.78, 5) is 0. The molecule has 0 aromatic carbocycles. The largest absolute Gasteiger partial charge is 0.344 e. The maximum absolute atomic E-state index is 5.87. The average molecular weight is 265 g/mol. The van der Waals surface area contributed by atoms with Gasteiger partial charge < -0.3 is 9.47 Å². The van der Waals surface area contributed by atoms with Gasteiger partial charge in [-0.1, -0.05) is 15.9 Å². The number of alkyl halides is 1. The summed E-state index contributed by atoms with van der Waals surface area (Å²) in [5.41, 5.74) is -0.349. The Balaban J connectivity index is 2.39. The van der Waals surface area contributed by atoms with Gasteiger partial charge in [0.2, 0.25) is 0 Å². The van der Waals surface area contributed by atoms with Gasteiger partial charge >= 0.3 is 0 Å². The molecule has 14 heavy (non-hydrogen) atoms. The topological polar surface area (TPSA) is 18.5 Å². The summed E-state index contributed by atoms with van der Waals surface area (Å²) in [6.07, 6.45) is 3.32. The van der Waals surface area contributed by atoms with E-state index >= 15 is 0 Å². The summed E-state index contributed by atoms with van der Waals surface area (Å²) in [5.74, 6) is 0. The zero-order valence-corrected chi connectivity index (χ0v) is 11.2. The van der Waals surface area contributed by atoms with Gasteiger partial charge in [0.15, 0.2) is 6.29 Å². The Kier molecular flexibility index (Phi) is 4.01. The number of hydrogen-bond donors (Lipinski definition) is 0. The van der Waals surface area contributed by atoms with Crippen molar-refractivity contribution in [3.05, 3.63) is 0 Å². The monoisotopic (exact) mass is 264 g/mol. The Morgan fingerprint density at radius 1 is 1.00 bits per heavy atom. The van der Waals surface area contributed by atoms with Crippen molar-refractivity contribution in [2.45, 2.75) is 64.4 Å². The van der Waals surface area contributed by atoms with Crippen molar-refractivity contribution in [3.8, 4) is 0 Å². The molecule has 1 aliphatic heterocycles. The molecule has 0 saturated carbocycles. The van der Waals surface area contributed by atoms with E-state index in [2.05, 4.69) is 43.6 Å². The van der Waals surface area contributed by atoms with E-state index in [1.54, 1.807) is 0 Å². The Labute approximate surface area is 95.5 Å². The van der Waals surface area contributed by atoms with E-state index in [1.165, 1.54) is 6.42 Å². The molecular formula is C11H21BrO2. The third-order valence-electron chi connectivity index (χ3n) is 3.13. The molecule has 3 heteroatoms. The zero-order chi connectivity index (χ0) is 10.8. The smallest absolute Gasteiger partial charge is 0.159 e. The highest BCUT2D eigenvalue weighted by molar-refractivity contribution is 9.09. The van der Waals surface area contributed by atoms with Crippen LogP contribution in [0.3, 0.4) is 0 Å². The van der Waals surface area contributed by atoms with Gasteiger partial charge in [0.25, 0.3) is 0 Å². The molecule has 0 aliphatic carbocycles. The fraction of sp³-hybridized carbons (Fsp3) is 1.00. The molecule has 1 fully saturated rings. The SMILES string of the molecule is CC1(C)OC(CCCCBr)OC1(C)C. The second-order valence-corrected chi connectivity index (χ2v) is 5.66. The van der Waals surface area contributed by atoms with Crippen LogP contribution in [0.15, 0.2) is 0 Å². The molecule has 0 unspecified atom stereocenters. The Morgan fingerprint density at radius 2 is 1.50 bits per heavy atom. The standard InChI is InChI=1S/C11H21BrO2/c1-10(2)11(3,4)14-9(13-10)7-5-6-8-12/h9H,5-8H2,1-4H3. The second kappa shape index (κ2) is 4.50. The van der Waals surface area contributed by atoms with Crippen LogP contribution < -0.4 is 0 Å². The van der Waals surface area contributed by atoms with Gasteiger partial charge in [-0.05, 0) is 47.0 Å². The van der Waals surface area contributed by atoms with Crippen LogP contribution in [0.5, 0.6) is 0 Å². The van der Waals surface area contributed by atoms with Gasteiger partial charge in [0.05, 0.1) is 11.2 Å². The molecule has 1 rings (SSSR count). The normalized spacial score (nSPS) is 25.5. The maximum Gasteiger partial charge on any atom is 0.159 e. The number of halogens is 1. The Bertz CT molecular complexity index is 174. The minimum Gasteiger partial charge on any atom is -0.344 e. The van der Waals surface area contributed by atoms with Crippen molar-refractivity contribution in [2.24, 2.45) is 0 Å². The van der Waals surface area contributed by atoms with E-state index in [9.17, 15) is 0 Å². The minimum atomic E-state index is -0.175. The molecule has 0 aromatic rings. The lowest BCUT2D eigenvalue weighted by molar-refractivity contribution is -0.0910. The van der Waals surface area contributed by atoms with Crippen LogP contribution in [0, 0.1) is 0 Å². The quantitative estimate of drug-likeness (QED) is 0.572. The number of unbranched alkanes of at least 4 members (excludes halogenated alkanes) is 1. The van der Waals surface area contributed by atoms with Gasteiger partial charge in [-0.2, -0.15) is 0 Å². The predicted molar refractivity (Wildman–Crippen MR) is 61.8 cm³/mol. The van der Waals surface area contributed by atoms with Crippen LogP contribution in [-0.2, 0) is 9.47 Å². The lowest BCUT2D eigenvalue weighted by Crippen LogP contribution is -2.41. The van der Waals surface area contributed by atoms with Crippen molar-refractivity contribution in [3.63, 3.8) is 0 Å². The molecule has 0 spiro atoms. The van der Waals surface area contributed by atoms with E-state index in [-0.39, 0.29) is 17.5 Å². The summed E-state index contributed by atoms with van der Waals surface area (Å²) in [5, 5.41) is 1.06. The van der Waals surface area contributed by atoms with E-state index < -0.39 is 0 Å². The third-order valence-corrected chi connectivity index (χ3v) is 3.69. The molecule has 1 saturated heterocycles. The van der Waals surface area contributed by atoms with E-state index in [0.29, 0.717) is 0 Å². The van der Waals surface area contributed by atoms with Crippen LogP contribution in [0.25, 0.3) is 0 Å². The molecule has 1 heterocycles. The highest BCUT2D eigenvalue weighted by atomic mass is 79.9. The molecule has 0 aromatic heterocycles. The van der Waals surface area contributed by atoms with E-state index in [1.807, 2.05) is 0 Å². The van der Waals surface area contributed by atoms with Gasteiger partial charge in [-0.15, -0.1) is 0 Å². The van der Waals surface area contributed by atoms with Crippen molar-refractivity contribution in [1.29, 1.82) is 0 Å². The first-order valence-electron chi connectivity index (χ1n) is 5.31. The number of rotatable bonds is 4. The lowest BCUT2D eigenvalue weighted by Gasteiger charge is -2.30. The number of hydrogen-bond acceptors (Lipinski definition) is 2. The summed E-state index contributed by atoms with van der Waals surface area (Å²) in [6.45, 7) is 8.38. The highest BCUT2D eigenvalue weighted by Gasteiger charge is 2.48. The Hall–Kier alpha value is 0.400. The van der Waals surface area contributed by atoms with Crippen molar-refractivity contribution < 1.29 is 9.47 Å². The van der Waals surface area contributed by atoms with Crippen LogP contribution in [-0.4, -0.2) is 22.8 Å². The minimum absolute atomic E-state index is 0.0148. The maximum atomic E-state index is 5.87. The first-order valence-corrected chi connectivity index (χ1v) is 6.43. The average Bonchev–Trinajstić information content (AvgIpc) is 2.21. The van der Waals surface area contributed by atoms with Crippen molar-refractivity contribution >= 4 is 15.9 Å².